The summed E-state index contributed by atoms with van der Waals surface area (Å²) in [7, 11) is 1.47. The molecule has 0 amide bonds. The van der Waals surface area contributed by atoms with Crippen molar-refractivity contribution in [2.45, 2.75) is 12.2 Å². The van der Waals surface area contributed by atoms with Gasteiger partial charge in [-0.2, -0.15) is 13.2 Å². The fraction of sp³-hybridized carbons (Fsp3) is 0.400. The number of nitrogens with zero attached hydrogens (tertiary/aromatic N) is 1. The second kappa shape index (κ2) is 3.32. The van der Waals surface area contributed by atoms with Crippen LogP contribution in [0.5, 0.6) is 0 Å². The number of rotatable bonds is 0. The van der Waals surface area contributed by atoms with Gasteiger partial charge in [0.2, 0.25) is 0 Å². The average molecular weight is 216 g/mol. The van der Waals surface area contributed by atoms with Crippen molar-refractivity contribution in [3.8, 4) is 0 Å². The highest BCUT2D eigenvalue weighted by atomic mass is 19.4. The smallest absolute Gasteiger partial charge is 0.381 e. The molecule has 82 valence electrons. The van der Waals surface area contributed by atoms with E-state index in [9.17, 15) is 13.2 Å². The van der Waals surface area contributed by atoms with Crippen molar-refractivity contribution >= 4 is 11.4 Å². The van der Waals surface area contributed by atoms with Crippen molar-refractivity contribution in [3.05, 3.63) is 24.3 Å². The van der Waals surface area contributed by atoms with Crippen LogP contribution in [-0.4, -0.2) is 25.8 Å². The minimum Gasteiger partial charge on any atom is -0.381 e. The summed E-state index contributed by atoms with van der Waals surface area (Å²) in [5.41, 5.74) is 1.34. The molecule has 2 rings (SSSR count). The molecule has 0 radical (unpaired) electrons. The highest BCUT2D eigenvalue weighted by molar-refractivity contribution is 5.72. The number of alkyl halides is 3. The summed E-state index contributed by atoms with van der Waals surface area (Å²) in [4.78, 5) is 1.27. The standard InChI is InChI=1S/C10H11F3N2/c1-15-8-5-3-2-4-7(8)14-6-9(15)10(11,12)13/h2-5,9,14H,6H2,1H3. The minimum atomic E-state index is -4.20. The van der Waals surface area contributed by atoms with Crippen LogP contribution in [0.1, 0.15) is 0 Å². The zero-order valence-corrected chi connectivity index (χ0v) is 8.17. The normalized spacial score (nSPS) is 20.8. The number of nitrogens with one attached hydrogen (secondary N) is 1. The Morgan fingerprint density at radius 1 is 1.33 bits per heavy atom. The van der Waals surface area contributed by atoms with Gasteiger partial charge in [-0.05, 0) is 12.1 Å². The molecular weight excluding hydrogens is 205 g/mol. The number of anilines is 2. The van der Waals surface area contributed by atoms with Crippen LogP contribution in [0, 0.1) is 0 Å². The Balaban J connectivity index is 2.34. The van der Waals surface area contributed by atoms with E-state index in [1.165, 1.54) is 11.9 Å². The Labute approximate surface area is 85.7 Å². The van der Waals surface area contributed by atoms with Crippen molar-refractivity contribution in [2.24, 2.45) is 0 Å². The van der Waals surface area contributed by atoms with Crippen molar-refractivity contribution in [1.82, 2.24) is 0 Å². The van der Waals surface area contributed by atoms with Gasteiger partial charge in [-0.3, -0.25) is 0 Å². The fourth-order valence-corrected chi connectivity index (χ4v) is 1.78. The third kappa shape index (κ3) is 1.73. The Bertz CT molecular complexity index is 362. The summed E-state index contributed by atoms with van der Waals surface area (Å²) >= 11 is 0. The van der Waals surface area contributed by atoms with E-state index >= 15 is 0 Å². The highest BCUT2D eigenvalue weighted by Gasteiger charge is 2.44. The predicted octanol–water partition coefficient (Wildman–Crippen LogP) is 2.48. The van der Waals surface area contributed by atoms with Gasteiger partial charge in [-0.25, -0.2) is 0 Å². The van der Waals surface area contributed by atoms with Gasteiger partial charge in [0.1, 0.15) is 6.04 Å². The van der Waals surface area contributed by atoms with Gasteiger partial charge in [0.25, 0.3) is 0 Å². The monoisotopic (exact) mass is 216 g/mol. The number of hydrogen-bond acceptors (Lipinski definition) is 2. The van der Waals surface area contributed by atoms with Crippen molar-refractivity contribution < 1.29 is 13.2 Å². The molecule has 0 fully saturated rings. The summed E-state index contributed by atoms with van der Waals surface area (Å²) in [6.45, 7) is -0.100. The summed E-state index contributed by atoms with van der Waals surface area (Å²) in [6.07, 6.45) is -4.20. The lowest BCUT2D eigenvalue weighted by atomic mass is 10.1. The van der Waals surface area contributed by atoms with E-state index in [0.717, 1.165) is 5.69 Å². The molecule has 0 spiro atoms. The van der Waals surface area contributed by atoms with Crippen LogP contribution in [0.25, 0.3) is 0 Å². The number of likely N-dealkylation sites (N-methyl/N-ethyl adjacent to an activating group) is 1. The molecule has 2 nitrogen and oxygen atoms in total. The van der Waals surface area contributed by atoms with Crippen molar-refractivity contribution in [2.75, 3.05) is 23.8 Å². The zero-order valence-electron chi connectivity index (χ0n) is 8.17. The van der Waals surface area contributed by atoms with Gasteiger partial charge in [0.05, 0.1) is 11.4 Å². The topological polar surface area (TPSA) is 15.3 Å². The van der Waals surface area contributed by atoms with Crippen LogP contribution >= 0.6 is 0 Å². The van der Waals surface area contributed by atoms with E-state index in [2.05, 4.69) is 5.32 Å². The van der Waals surface area contributed by atoms with E-state index in [0.29, 0.717) is 5.69 Å². The number of fused-ring (bicyclic) bond motifs is 1. The first-order valence-corrected chi connectivity index (χ1v) is 4.62. The molecule has 1 unspecified atom stereocenters. The maximum absolute atomic E-state index is 12.6. The molecule has 1 heterocycles. The molecule has 0 saturated heterocycles. The van der Waals surface area contributed by atoms with Crippen LogP contribution in [0.3, 0.4) is 0 Å². The van der Waals surface area contributed by atoms with Crippen LogP contribution in [0.15, 0.2) is 24.3 Å². The van der Waals surface area contributed by atoms with Crippen LogP contribution in [-0.2, 0) is 0 Å². The molecule has 0 bridgehead atoms. The molecule has 0 saturated carbocycles. The van der Waals surface area contributed by atoms with Gasteiger partial charge >= 0.3 is 6.18 Å². The van der Waals surface area contributed by atoms with Crippen LogP contribution in [0.4, 0.5) is 24.5 Å². The zero-order chi connectivity index (χ0) is 11.1. The first kappa shape index (κ1) is 10.1. The molecule has 15 heavy (non-hydrogen) atoms. The maximum Gasteiger partial charge on any atom is 0.410 e. The second-order valence-corrected chi connectivity index (χ2v) is 3.57. The molecule has 5 heteroatoms. The molecule has 1 N–H and O–H groups in total. The molecule has 0 aromatic heterocycles. The number of hydrogen-bond donors (Lipinski definition) is 1. The molecule has 1 atom stereocenters. The van der Waals surface area contributed by atoms with Crippen LogP contribution in [0.2, 0.25) is 0 Å². The van der Waals surface area contributed by atoms with E-state index in [-0.39, 0.29) is 6.54 Å². The first-order valence-electron chi connectivity index (χ1n) is 4.62. The Morgan fingerprint density at radius 3 is 2.67 bits per heavy atom. The lowest BCUT2D eigenvalue weighted by molar-refractivity contribution is -0.145. The molecule has 1 aliphatic rings. The van der Waals surface area contributed by atoms with E-state index < -0.39 is 12.2 Å². The Hall–Kier alpha value is -1.39. The summed E-state index contributed by atoms with van der Waals surface area (Å²) < 4.78 is 37.8. The average Bonchev–Trinajstić information content (AvgIpc) is 2.16. The van der Waals surface area contributed by atoms with E-state index in [1.54, 1.807) is 24.3 Å². The molecule has 1 aliphatic heterocycles. The van der Waals surface area contributed by atoms with E-state index in [4.69, 9.17) is 0 Å². The highest BCUT2D eigenvalue weighted by Crippen LogP contribution is 2.35. The van der Waals surface area contributed by atoms with E-state index in [1.807, 2.05) is 0 Å². The lowest BCUT2D eigenvalue weighted by Crippen LogP contribution is -2.50. The number of para-hydroxylation sites is 2. The predicted molar refractivity (Wildman–Crippen MR) is 53.2 cm³/mol. The lowest BCUT2D eigenvalue weighted by Gasteiger charge is -2.37. The second-order valence-electron chi connectivity index (χ2n) is 3.57. The van der Waals surface area contributed by atoms with Gasteiger partial charge in [-0.1, -0.05) is 12.1 Å². The van der Waals surface area contributed by atoms with Crippen molar-refractivity contribution in [3.63, 3.8) is 0 Å². The van der Waals surface area contributed by atoms with Crippen molar-refractivity contribution in [1.29, 1.82) is 0 Å². The third-order valence-electron chi connectivity index (χ3n) is 2.62. The molecule has 1 aromatic carbocycles. The molecule has 1 aromatic rings. The quantitative estimate of drug-likeness (QED) is 0.716. The minimum absolute atomic E-state index is 0.100. The summed E-state index contributed by atoms with van der Waals surface area (Å²) in [6, 6.07) is 5.54. The SMILES string of the molecule is CN1c2ccccc2NCC1C(F)(F)F. The van der Waals surface area contributed by atoms with Gasteiger partial charge in [0, 0.05) is 13.6 Å². The Kier molecular flexibility index (Phi) is 2.25. The first-order chi connectivity index (χ1) is 7.00. The Morgan fingerprint density at radius 2 is 2.00 bits per heavy atom. The largest absolute Gasteiger partial charge is 0.410 e. The molecular formula is C10H11F3N2. The van der Waals surface area contributed by atoms with Gasteiger partial charge in [-0.15, -0.1) is 0 Å². The van der Waals surface area contributed by atoms with Gasteiger partial charge < -0.3 is 10.2 Å². The van der Waals surface area contributed by atoms with Gasteiger partial charge in [0.15, 0.2) is 0 Å². The summed E-state index contributed by atoms with van der Waals surface area (Å²) in [5, 5.41) is 2.79. The molecule has 0 aliphatic carbocycles. The summed E-state index contributed by atoms with van der Waals surface area (Å²) in [5.74, 6) is 0. The van der Waals surface area contributed by atoms with Crippen LogP contribution < -0.4 is 10.2 Å². The number of halogens is 3. The third-order valence-corrected chi connectivity index (χ3v) is 2.62. The maximum atomic E-state index is 12.6. The fourth-order valence-electron chi connectivity index (χ4n) is 1.78. The number of benzene rings is 1.